The zero-order valence-corrected chi connectivity index (χ0v) is 10.2. The molecule has 2 bridgehead atoms. The summed E-state index contributed by atoms with van der Waals surface area (Å²) in [5.41, 5.74) is 14.1. The predicted molar refractivity (Wildman–Crippen MR) is 73.7 cm³/mol. The molecule has 0 saturated heterocycles. The summed E-state index contributed by atoms with van der Waals surface area (Å²) in [6.07, 6.45) is 8.93. The summed E-state index contributed by atoms with van der Waals surface area (Å²) in [4.78, 5) is 0. The SMILES string of the molecule is NC1=C2CC(=C1)C1=C2C=CC1Cc1ccccc1. The van der Waals surface area contributed by atoms with Crippen LogP contribution in [0.25, 0.3) is 0 Å². The Balaban J connectivity index is 1.68. The van der Waals surface area contributed by atoms with Crippen molar-refractivity contribution in [1.29, 1.82) is 0 Å². The molecule has 0 saturated carbocycles. The monoisotopic (exact) mass is 233 g/mol. The molecule has 3 aliphatic carbocycles. The summed E-state index contributed by atoms with van der Waals surface area (Å²) >= 11 is 0. The maximum absolute atomic E-state index is 6.01. The third kappa shape index (κ3) is 1.28. The molecule has 4 rings (SSSR count). The van der Waals surface area contributed by atoms with E-state index in [1.54, 1.807) is 0 Å². The van der Waals surface area contributed by atoms with Crippen molar-refractivity contribution in [3.05, 3.63) is 82.1 Å². The van der Waals surface area contributed by atoms with E-state index < -0.39 is 0 Å². The summed E-state index contributed by atoms with van der Waals surface area (Å²) in [5, 5.41) is 0. The molecule has 1 nitrogen and oxygen atoms in total. The second-order valence-electron chi connectivity index (χ2n) is 5.26. The molecule has 0 aliphatic heterocycles. The molecule has 0 aromatic heterocycles. The number of hydrogen-bond donors (Lipinski definition) is 1. The molecule has 1 aromatic carbocycles. The van der Waals surface area contributed by atoms with E-state index in [4.69, 9.17) is 5.73 Å². The second-order valence-corrected chi connectivity index (χ2v) is 5.26. The Kier molecular flexibility index (Phi) is 1.93. The van der Waals surface area contributed by atoms with Crippen molar-refractivity contribution in [1.82, 2.24) is 0 Å². The van der Waals surface area contributed by atoms with E-state index in [-0.39, 0.29) is 0 Å². The molecule has 1 atom stereocenters. The van der Waals surface area contributed by atoms with Crippen molar-refractivity contribution in [2.75, 3.05) is 0 Å². The molecule has 1 heteroatoms. The van der Waals surface area contributed by atoms with Crippen LogP contribution in [-0.4, -0.2) is 0 Å². The Labute approximate surface area is 107 Å². The number of hydrogen-bond acceptors (Lipinski definition) is 1. The molecule has 1 unspecified atom stereocenters. The topological polar surface area (TPSA) is 26.0 Å². The van der Waals surface area contributed by atoms with Gasteiger partial charge >= 0.3 is 0 Å². The van der Waals surface area contributed by atoms with Crippen molar-refractivity contribution in [3.8, 4) is 0 Å². The highest BCUT2D eigenvalue weighted by Gasteiger charge is 2.35. The average molecular weight is 233 g/mol. The van der Waals surface area contributed by atoms with Crippen LogP contribution >= 0.6 is 0 Å². The lowest BCUT2D eigenvalue weighted by atomic mass is 9.90. The van der Waals surface area contributed by atoms with E-state index in [0.717, 1.165) is 18.5 Å². The van der Waals surface area contributed by atoms with Gasteiger partial charge in [0.05, 0.1) is 0 Å². The maximum Gasteiger partial charge on any atom is 0.0359 e. The first-order valence-electron chi connectivity index (χ1n) is 6.49. The Morgan fingerprint density at radius 2 is 2.00 bits per heavy atom. The van der Waals surface area contributed by atoms with Crippen molar-refractivity contribution >= 4 is 0 Å². The van der Waals surface area contributed by atoms with Crippen molar-refractivity contribution in [3.63, 3.8) is 0 Å². The minimum Gasteiger partial charge on any atom is -0.398 e. The van der Waals surface area contributed by atoms with Gasteiger partial charge in [-0.2, -0.15) is 0 Å². The first-order valence-corrected chi connectivity index (χ1v) is 6.49. The first-order chi connectivity index (χ1) is 8.83. The smallest absolute Gasteiger partial charge is 0.0359 e. The lowest BCUT2D eigenvalue weighted by Crippen LogP contribution is -2.05. The van der Waals surface area contributed by atoms with Gasteiger partial charge in [-0.25, -0.2) is 0 Å². The fourth-order valence-electron chi connectivity index (χ4n) is 3.35. The summed E-state index contributed by atoms with van der Waals surface area (Å²) in [7, 11) is 0. The van der Waals surface area contributed by atoms with Gasteiger partial charge in [0.2, 0.25) is 0 Å². The number of benzene rings is 1. The second kappa shape index (κ2) is 3.49. The average Bonchev–Trinajstić information content (AvgIpc) is 3.03. The molecular weight excluding hydrogens is 218 g/mol. The largest absolute Gasteiger partial charge is 0.398 e. The molecule has 1 aromatic rings. The highest BCUT2D eigenvalue weighted by Crippen LogP contribution is 2.49. The van der Waals surface area contributed by atoms with Gasteiger partial charge in [-0.1, -0.05) is 42.5 Å². The standard InChI is InChI=1S/C17H15N/c18-16-10-13-9-15(16)14-7-6-12(17(13)14)8-11-4-2-1-3-5-11/h1-7,10,12H,8-9,18H2. The van der Waals surface area contributed by atoms with Crippen molar-refractivity contribution in [2.24, 2.45) is 11.7 Å². The van der Waals surface area contributed by atoms with Gasteiger partial charge in [0, 0.05) is 18.0 Å². The zero-order valence-electron chi connectivity index (χ0n) is 10.2. The van der Waals surface area contributed by atoms with Gasteiger partial charge in [0.15, 0.2) is 0 Å². The first kappa shape index (κ1) is 9.95. The molecule has 0 fully saturated rings. The highest BCUT2D eigenvalue weighted by atomic mass is 14.6. The normalized spacial score (nSPS) is 24.0. The molecule has 0 amide bonds. The van der Waals surface area contributed by atoms with Crippen LogP contribution in [0.3, 0.4) is 0 Å². The molecule has 0 heterocycles. The van der Waals surface area contributed by atoms with Gasteiger partial charge in [0.25, 0.3) is 0 Å². The summed E-state index contributed by atoms with van der Waals surface area (Å²) < 4.78 is 0. The maximum atomic E-state index is 6.01. The number of rotatable bonds is 2. The van der Waals surface area contributed by atoms with Crippen LogP contribution in [0.2, 0.25) is 0 Å². The lowest BCUT2D eigenvalue weighted by Gasteiger charge is -2.14. The van der Waals surface area contributed by atoms with Crippen LogP contribution in [0.4, 0.5) is 0 Å². The van der Waals surface area contributed by atoms with Gasteiger partial charge in [0.1, 0.15) is 0 Å². The van der Waals surface area contributed by atoms with Crippen LogP contribution < -0.4 is 5.73 Å². The van der Waals surface area contributed by atoms with Gasteiger partial charge < -0.3 is 5.73 Å². The summed E-state index contributed by atoms with van der Waals surface area (Å²) in [5.74, 6) is 0.541. The minimum atomic E-state index is 0.541. The van der Waals surface area contributed by atoms with Crippen molar-refractivity contribution < 1.29 is 0 Å². The Morgan fingerprint density at radius 3 is 2.83 bits per heavy atom. The Morgan fingerprint density at radius 1 is 1.17 bits per heavy atom. The third-order valence-electron chi connectivity index (χ3n) is 4.17. The molecule has 3 aliphatic rings. The van der Waals surface area contributed by atoms with Gasteiger partial charge in [-0.15, -0.1) is 0 Å². The van der Waals surface area contributed by atoms with Gasteiger partial charge in [-0.05, 0) is 40.4 Å². The summed E-state index contributed by atoms with van der Waals surface area (Å²) in [6, 6.07) is 10.7. The fraction of sp³-hybridized carbons (Fsp3) is 0.176. The third-order valence-corrected chi connectivity index (χ3v) is 4.17. The van der Waals surface area contributed by atoms with Crippen LogP contribution in [0.5, 0.6) is 0 Å². The zero-order chi connectivity index (χ0) is 12.1. The van der Waals surface area contributed by atoms with E-state index in [1.807, 2.05) is 0 Å². The van der Waals surface area contributed by atoms with E-state index in [1.165, 1.54) is 27.9 Å². The predicted octanol–water partition coefficient (Wildman–Crippen LogP) is 3.27. The number of nitrogens with two attached hydrogens (primary N) is 1. The molecule has 0 spiro atoms. The van der Waals surface area contributed by atoms with Crippen LogP contribution in [0.15, 0.2) is 76.5 Å². The van der Waals surface area contributed by atoms with Crippen molar-refractivity contribution in [2.45, 2.75) is 12.8 Å². The van der Waals surface area contributed by atoms with E-state index in [9.17, 15) is 0 Å². The fourth-order valence-corrected chi connectivity index (χ4v) is 3.35. The molecule has 0 radical (unpaired) electrons. The Bertz CT molecular complexity index is 641. The van der Waals surface area contributed by atoms with Gasteiger partial charge in [-0.3, -0.25) is 0 Å². The number of allylic oxidation sites excluding steroid dienone is 7. The quantitative estimate of drug-likeness (QED) is 0.833. The number of fused-ring (bicyclic) bond motifs is 4. The van der Waals surface area contributed by atoms with Crippen LogP contribution in [-0.2, 0) is 6.42 Å². The molecule has 2 N–H and O–H groups in total. The molecular formula is C17H15N. The van der Waals surface area contributed by atoms with Crippen LogP contribution in [0, 0.1) is 5.92 Å². The van der Waals surface area contributed by atoms with E-state index in [2.05, 4.69) is 48.6 Å². The lowest BCUT2D eigenvalue weighted by molar-refractivity contribution is 0.772. The highest BCUT2D eigenvalue weighted by molar-refractivity contribution is 5.70. The van der Waals surface area contributed by atoms with E-state index in [0.29, 0.717) is 5.92 Å². The van der Waals surface area contributed by atoms with Crippen LogP contribution in [0.1, 0.15) is 12.0 Å². The Hall–Kier alpha value is -2.02. The minimum absolute atomic E-state index is 0.541. The summed E-state index contributed by atoms with van der Waals surface area (Å²) in [6.45, 7) is 0. The molecule has 18 heavy (non-hydrogen) atoms. The van der Waals surface area contributed by atoms with E-state index >= 15 is 0 Å². The molecule has 88 valence electrons.